The van der Waals surface area contributed by atoms with Crippen molar-refractivity contribution in [3.05, 3.63) is 67.6 Å². The van der Waals surface area contributed by atoms with Crippen LogP contribution in [0.1, 0.15) is 17.2 Å². The summed E-state index contributed by atoms with van der Waals surface area (Å²) in [5.41, 5.74) is 4.44. The Morgan fingerprint density at radius 3 is 2.45 bits per heavy atom. The van der Waals surface area contributed by atoms with E-state index in [9.17, 15) is 0 Å². The molecule has 0 spiro atoms. The first-order chi connectivity index (χ1) is 9.52. The Balaban J connectivity index is 2.34. The fraction of sp³-hybridized carbons (Fsp3) is 0.143. The zero-order chi connectivity index (χ0) is 14.7. The van der Waals surface area contributed by atoms with Crippen LogP contribution in [-0.4, -0.2) is 0 Å². The number of nitrogens with one attached hydrogen (secondary N) is 1. The summed E-state index contributed by atoms with van der Waals surface area (Å²) in [6.07, 6.45) is 0.552. The van der Waals surface area contributed by atoms with Gasteiger partial charge in [-0.25, -0.2) is 0 Å². The number of nitrogens with two attached hydrogens (primary N) is 1. The molecule has 0 saturated heterocycles. The predicted octanol–water partition coefficient (Wildman–Crippen LogP) is 5.05. The topological polar surface area (TPSA) is 38.0 Å². The minimum absolute atomic E-state index is 0.211. The maximum Gasteiger partial charge on any atom is 0.0624 e. The highest BCUT2D eigenvalue weighted by molar-refractivity contribution is 6.42. The van der Waals surface area contributed by atoms with Crippen molar-refractivity contribution in [2.45, 2.75) is 12.5 Å². The van der Waals surface area contributed by atoms with E-state index in [1.54, 1.807) is 24.3 Å². The highest BCUT2D eigenvalue weighted by Crippen LogP contribution is 2.32. The van der Waals surface area contributed by atoms with E-state index in [4.69, 9.17) is 52.2 Å². The molecule has 0 radical (unpaired) electrons. The van der Waals surface area contributed by atoms with E-state index in [0.717, 1.165) is 11.1 Å². The van der Waals surface area contributed by atoms with Gasteiger partial charge in [0.1, 0.15) is 0 Å². The van der Waals surface area contributed by atoms with Crippen LogP contribution in [0.3, 0.4) is 0 Å². The summed E-state index contributed by atoms with van der Waals surface area (Å²) in [7, 11) is 0. The van der Waals surface area contributed by atoms with Crippen molar-refractivity contribution in [3.8, 4) is 0 Å². The monoisotopic (exact) mass is 348 g/mol. The Labute approximate surface area is 137 Å². The number of rotatable bonds is 4. The maximum absolute atomic E-state index is 6.19. The summed E-state index contributed by atoms with van der Waals surface area (Å²) < 4.78 is 0. The number of benzene rings is 2. The van der Waals surface area contributed by atoms with Crippen LogP contribution in [0.15, 0.2) is 36.4 Å². The molecule has 20 heavy (non-hydrogen) atoms. The second kappa shape index (κ2) is 6.99. The third-order valence-electron chi connectivity index (χ3n) is 2.99. The van der Waals surface area contributed by atoms with Crippen LogP contribution in [0, 0.1) is 0 Å². The van der Waals surface area contributed by atoms with Gasteiger partial charge in [0.2, 0.25) is 0 Å². The summed E-state index contributed by atoms with van der Waals surface area (Å²) in [5, 5.41) is 2.22. The van der Waals surface area contributed by atoms with Crippen LogP contribution in [-0.2, 0) is 6.42 Å². The molecule has 0 aliphatic heterocycles. The first-order valence-corrected chi connectivity index (χ1v) is 7.38. The van der Waals surface area contributed by atoms with Gasteiger partial charge in [-0.1, -0.05) is 58.5 Å². The van der Waals surface area contributed by atoms with E-state index in [1.807, 2.05) is 12.1 Å². The van der Waals surface area contributed by atoms with Crippen molar-refractivity contribution >= 4 is 46.4 Å². The van der Waals surface area contributed by atoms with Crippen LogP contribution < -0.4 is 11.3 Å². The van der Waals surface area contributed by atoms with E-state index >= 15 is 0 Å². The minimum atomic E-state index is -0.211. The van der Waals surface area contributed by atoms with Gasteiger partial charge in [-0.15, -0.1) is 0 Å². The van der Waals surface area contributed by atoms with Gasteiger partial charge in [0, 0.05) is 10.0 Å². The molecule has 0 aliphatic carbocycles. The van der Waals surface area contributed by atoms with E-state index < -0.39 is 0 Å². The Morgan fingerprint density at radius 2 is 1.75 bits per heavy atom. The van der Waals surface area contributed by atoms with Gasteiger partial charge in [-0.05, 0) is 41.8 Å². The molecule has 3 N–H and O–H groups in total. The molecule has 1 atom stereocenters. The van der Waals surface area contributed by atoms with Gasteiger partial charge < -0.3 is 0 Å². The van der Waals surface area contributed by atoms with Gasteiger partial charge in [-0.3, -0.25) is 11.3 Å². The SMILES string of the molecule is NNC(Cc1cccc(Cl)c1Cl)c1cc(Cl)ccc1Cl. The lowest BCUT2D eigenvalue weighted by Crippen LogP contribution is -2.30. The van der Waals surface area contributed by atoms with Gasteiger partial charge >= 0.3 is 0 Å². The first-order valence-electron chi connectivity index (χ1n) is 5.87. The lowest BCUT2D eigenvalue weighted by atomic mass is 9.99. The summed E-state index contributed by atoms with van der Waals surface area (Å²) in [6.45, 7) is 0. The summed E-state index contributed by atoms with van der Waals surface area (Å²) >= 11 is 24.4. The molecule has 0 amide bonds. The van der Waals surface area contributed by atoms with Crippen molar-refractivity contribution in [3.63, 3.8) is 0 Å². The third-order valence-corrected chi connectivity index (χ3v) is 4.43. The molecule has 0 saturated carbocycles. The summed E-state index contributed by atoms with van der Waals surface area (Å²) in [5.74, 6) is 5.63. The Kier molecular flexibility index (Phi) is 5.56. The highest BCUT2D eigenvalue weighted by atomic mass is 35.5. The lowest BCUT2D eigenvalue weighted by molar-refractivity contribution is 0.552. The second-order valence-electron chi connectivity index (χ2n) is 4.30. The molecule has 0 aliphatic rings. The lowest BCUT2D eigenvalue weighted by Gasteiger charge is -2.19. The average molecular weight is 350 g/mol. The normalized spacial score (nSPS) is 12.4. The molecule has 1 unspecified atom stereocenters. The second-order valence-corrected chi connectivity index (χ2v) is 5.93. The predicted molar refractivity (Wildman–Crippen MR) is 86.7 cm³/mol. The molecular formula is C14H12Cl4N2. The van der Waals surface area contributed by atoms with Crippen LogP contribution in [0.2, 0.25) is 20.1 Å². The molecule has 0 bridgehead atoms. The molecule has 0 heterocycles. The molecule has 2 aromatic rings. The van der Waals surface area contributed by atoms with Crippen LogP contribution in [0.5, 0.6) is 0 Å². The fourth-order valence-corrected chi connectivity index (χ4v) is 2.79. The Morgan fingerprint density at radius 1 is 1.00 bits per heavy atom. The largest absolute Gasteiger partial charge is 0.271 e. The van der Waals surface area contributed by atoms with Crippen LogP contribution >= 0.6 is 46.4 Å². The summed E-state index contributed by atoms with van der Waals surface area (Å²) in [6, 6.07) is 10.5. The molecule has 0 fully saturated rings. The molecule has 2 rings (SSSR count). The van der Waals surface area contributed by atoms with Crippen molar-refractivity contribution in [2.75, 3.05) is 0 Å². The first kappa shape index (κ1) is 15.9. The Bertz CT molecular complexity index is 616. The number of halogens is 4. The maximum atomic E-state index is 6.19. The average Bonchev–Trinajstić information content (AvgIpc) is 2.43. The zero-order valence-electron chi connectivity index (χ0n) is 10.3. The van der Waals surface area contributed by atoms with Crippen molar-refractivity contribution in [1.82, 2.24) is 5.43 Å². The van der Waals surface area contributed by atoms with E-state index in [-0.39, 0.29) is 6.04 Å². The van der Waals surface area contributed by atoms with E-state index in [1.165, 1.54) is 0 Å². The minimum Gasteiger partial charge on any atom is -0.271 e. The molecule has 6 heteroatoms. The van der Waals surface area contributed by atoms with E-state index in [2.05, 4.69) is 5.43 Å². The molecular weight excluding hydrogens is 338 g/mol. The number of hydrogen-bond acceptors (Lipinski definition) is 2. The zero-order valence-corrected chi connectivity index (χ0v) is 13.4. The highest BCUT2D eigenvalue weighted by Gasteiger charge is 2.16. The number of hydrogen-bond donors (Lipinski definition) is 2. The fourth-order valence-electron chi connectivity index (χ4n) is 1.97. The van der Waals surface area contributed by atoms with Crippen molar-refractivity contribution < 1.29 is 0 Å². The smallest absolute Gasteiger partial charge is 0.0624 e. The van der Waals surface area contributed by atoms with Gasteiger partial charge in [-0.2, -0.15) is 0 Å². The quantitative estimate of drug-likeness (QED) is 0.598. The van der Waals surface area contributed by atoms with Gasteiger partial charge in [0.05, 0.1) is 16.1 Å². The van der Waals surface area contributed by atoms with Crippen LogP contribution in [0.25, 0.3) is 0 Å². The standard InChI is InChI=1S/C14H12Cl4N2/c15-9-4-5-11(16)10(7-9)13(20-19)6-8-2-1-3-12(17)14(8)18/h1-5,7,13,20H,6,19H2. The van der Waals surface area contributed by atoms with Crippen LogP contribution in [0.4, 0.5) is 0 Å². The van der Waals surface area contributed by atoms with Crippen molar-refractivity contribution in [1.29, 1.82) is 0 Å². The Hall–Kier alpha value is -0.480. The molecule has 0 aromatic heterocycles. The van der Waals surface area contributed by atoms with Crippen molar-refractivity contribution in [2.24, 2.45) is 5.84 Å². The molecule has 2 nitrogen and oxygen atoms in total. The van der Waals surface area contributed by atoms with Gasteiger partial charge in [0.25, 0.3) is 0 Å². The molecule has 106 valence electrons. The third kappa shape index (κ3) is 3.59. The molecule has 2 aromatic carbocycles. The van der Waals surface area contributed by atoms with E-state index in [0.29, 0.717) is 26.5 Å². The van der Waals surface area contributed by atoms with Gasteiger partial charge in [0.15, 0.2) is 0 Å². The number of hydrazine groups is 1. The summed E-state index contributed by atoms with van der Waals surface area (Å²) in [4.78, 5) is 0.